The van der Waals surface area contributed by atoms with Gasteiger partial charge in [0, 0.05) is 17.2 Å². The van der Waals surface area contributed by atoms with Crippen molar-refractivity contribution in [2.75, 3.05) is 20.1 Å². The van der Waals surface area contributed by atoms with Crippen LogP contribution in [0.4, 0.5) is 0 Å². The Balaban J connectivity index is 1.65. The molecule has 2 fully saturated rings. The molecule has 4 nitrogen and oxygen atoms in total. The number of carboxylic acid groups (broad SMARTS) is 1. The molecule has 18 heavy (non-hydrogen) atoms. The highest BCUT2D eigenvalue weighted by atomic mass is 32.1. The Morgan fingerprint density at radius 2 is 2.22 bits per heavy atom. The van der Waals surface area contributed by atoms with Gasteiger partial charge in [-0.05, 0) is 39.4 Å². The number of hydrogen-bond donors (Lipinski definition) is 1. The second-order valence-corrected chi connectivity index (χ2v) is 6.36. The zero-order chi connectivity index (χ0) is 12.7. The lowest BCUT2D eigenvalue weighted by atomic mass is 9.94. The Hall–Kier alpha value is -0.940. The highest BCUT2D eigenvalue weighted by molar-refractivity contribution is 7.09. The molecule has 1 saturated heterocycles. The summed E-state index contributed by atoms with van der Waals surface area (Å²) in [5.41, 5.74) is 1.19. The molecule has 1 aliphatic heterocycles. The number of piperidine rings is 1. The van der Waals surface area contributed by atoms with Gasteiger partial charge in [0.15, 0.2) is 0 Å². The molecular weight excluding hydrogens is 248 g/mol. The van der Waals surface area contributed by atoms with Gasteiger partial charge < -0.3 is 10.0 Å². The van der Waals surface area contributed by atoms with Crippen LogP contribution in [0.1, 0.15) is 41.8 Å². The first kappa shape index (κ1) is 12.1. The van der Waals surface area contributed by atoms with Crippen molar-refractivity contribution >= 4 is 17.3 Å². The van der Waals surface area contributed by atoms with E-state index < -0.39 is 5.97 Å². The van der Waals surface area contributed by atoms with E-state index in [9.17, 15) is 4.79 Å². The van der Waals surface area contributed by atoms with Crippen molar-refractivity contribution in [2.24, 2.45) is 5.92 Å². The quantitative estimate of drug-likeness (QED) is 0.910. The molecule has 0 radical (unpaired) electrons. The summed E-state index contributed by atoms with van der Waals surface area (Å²) in [6, 6.07) is 0. The molecule has 0 bridgehead atoms. The molecule has 0 spiro atoms. The molecule has 2 heterocycles. The summed E-state index contributed by atoms with van der Waals surface area (Å²) in [5, 5.41) is 12.1. The summed E-state index contributed by atoms with van der Waals surface area (Å²) in [5.74, 6) is -0.0849. The molecule has 0 amide bonds. The van der Waals surface area contributed by atoms with Crippen molar-refractivity contribution in [3.05, 3.63) is 16.1 Å². The Kier molecular flexibility index (Phi) is 3.11. The predicted molar refractivity (Wildman–Crippen MR) is 70.1 cm³/mol. The van der Waals surface area contributed by atoms with Crippen LogP contribution in [0, 0.1) is 5.92 Å². The molecule has 1 N–H and O–H groups in total. The number of hydrogen-bond acceptors (Lipinski definition) is 4. The topological polar surface area (TPSA) is 53.4 Å². The zero-order valence-corrected chi connectivity index (χ0v) is 11.3. The summed E-state index contributed by atoms with van der Waals surface area (Å²) >= 11 is 1.65. The maximum Gasteiger partial charge on any atom is 0.307 e. The summed E-state index contributed by atoms with van der Waals surface area (Å²) in [6.07, 6.45) is 3.12. The molecule has 2 aliphatic rings. The van der Waals surface area contributed by atoms with Crippen LogP contribution in [0.5, 0.6) is 0 Å². The Morgan fingerprint density at radius 3 is 2.83 bits per heavy atom. The number of aromatic nitrogens is 1. The number of nitrogens with zero attached hydrogens (tertiary/aromatic N) is 2. The fourth-order valence-electron chi connectivity index (χ4n) is 2.70. The van der Waals surface area contributed by atoms with Crippen LogP contribution in [0.2, 0.25) is 0 Å². The minimum Gasteiger partial charge on any atom is -0.481 e. The molecule has 1 aromatic heterocycles. The van der Waals surface area contributed by atoms with Crippen molar-refractivity contribution in [1.29, 1.82) is 0 Å². The van der Waals surface area contributed by atoms with E-state index in [1.54, 1.807) is 11.3 Å². The van der Waals surface area contributed by atoms with E-state index in [4.69, 9.17) is 10.1 Å². The molecule has 1 aromatic rings. The lowest BCUT2D eigenvalue weighted by Crippen LogP contribution is -2.29. The van der Waals surface area contributed by atoms with E-state index in [2.05, 4.69) is 17.3 Å². The number of rotatable bonds is 3. The fraction of sp³-hybridized carbons (Fsp3) is 0.692. The average molecular weight is 266 g/mol. The SMILES string of the molecule is CN1CCC(c2csc(C3CC3C(=O)O)n2)CC1. The van der Waals surface area contributed by atoms with Gasteiger partial charge in [0.25, 0.3) is 0 Å². The van der Waals surface area contributed by atoms with Gasteiger partial charge >= 0.3 is 5.97 Å². The lowest BCUT2D eigenvalue weighted by Gasteiger charge is -2.27. The maximum atomic E-state index is 10.9. The molecule has 98 valence electrons. The van der Waals surface area contributed by atoms with Gasteiger partial charge in [-0.2, -0.15) is 0 Å². The molecule has 1 saturated carbocycles. The summed E-state index contributed by atoms with van der Waals surface area (Å²) in [4.78, 5) is 17.9. The third kappa shape index (κ3) is 2.29. The van der Waals surface area contributed by atoms with Gasteiger partial charge in [0.05, 0.1) is 16.6 Å². The minimum absolute atomic E-state index is 0.179. The van der Waals surface area contributed by atoms with Gasteiger partial charge in [0.1, 0.15) is 0 Å². The highest BCUT2D eigenvalue weighted by Gasteiger charge is 2.46. The van der Waals surface area contributed by atoms with E-state index >= 15 is 0 Å². The second-order valence-electron chi connectivity index (χ2n) is 5.48. The van der Waals surface area contributed by atoms with Crippen LogP contribution in [0.15, 0.2) is 5.38 Å². The molecule has 2 atom stereocenters. The van der Waals surface area contributed by atoms with Gasteiger partial charge in [-0.25, -0.2) is 4.98 Å². The van der Waals surface area contributed by atoms with Crippen LogP contribution in [0.3, 0.4) is 0 Å². The molecular formula is C13H18N2O2S. The van der Waals surface area contributed by atoms with Gasteiger partial charge in [0.2, 0.25) is 0 Å². The monoisotopic (exact) mass is 266 g/mol. The van der Waals surface area contributed by atoms with Crippen molar-refractivity contribution in [3.63, 3.8) is 0 Å². The van der Waals surface area contributed by atoms with Crippen molar-refractivity contribution in [1.82, 2.24) is 9.88 Å². The van der Waals surface area contributed by atoms with Crippen LogP contribution in [-0.4, -0.2) is 41.1 Å². The van der Waals surface area contributed by atoms with Gasteiger partial charge in [-0.1, -0.05) is 0 Å². The van der Waals surface area contributed by atoms with E-state index in [1.165, 1.54) is 18.5 Å². The van der Waals surface area contributed by atoms with Crippen molar-refractivity contribution in [3.8, 4) is 0 Å². The lowest BCUT2D eigenvalue weighted by molar-refractivity contribution is -0.138. The highest BCUT2D eigenvalue weighted by Crippen LogP contribution is 2.49. The van der Waals surface area contributed by atoms with E-state index in [1.807, 2.05) is 0 Å². The van der Waals surface area contributed by atoms with E-state index in [0.717, 1.165) is 24.5 Å². The maximum absolute atomic E-state index is 10.9. The van der Waals surface area contributed by atoms with E-state index in [-0.39, 0.29) is 11.8 Å². The molecule has 3 rings (SSSR count). The summed E-state index contributed by atoms with van der Waals surface area (Å²) in [6.45, 7) is 2.28. The molecule has 0 aromatic carbocycles. The van der Waals surface area contributed by atoms with Gasteiger partial charge in [-0.15, -0.1) is 11.3 Å². The number of thiazole rings is 1. The van der Waals surface area contributed by atoms with Crippen LogP contribution >= 0.6 is 11.3 Å². The number of likely N-dealkylation sites (tertiary alicyclic amines) is 1. The fourth-order valence-corrected chi connectivity index (χ4v) is 3.78. The number of carboxylic acids is 1. The Labute approximate surface area is 111 Å². The number of aliphatic carboxylic acids is 1. The Bertz CT molecular complexity index is 452. The third-order valence-corrected chi connectivity index (χ3v) is 5.10. The average Bonchev–Trinajstić information content (AvgIpc) is 3.02. The molecule has 2 unspecified atom stereocenters. The number of carbonyl (C=O) groups is 1. The summed E-state index contributed by atoms with van der Waals surface area (Å²) < 4.78 is 0. The first-order valence-corrected chi connectivity index (χ1v) is 7.40. The van der Waals surface area contributed by atoms with Crippen LogP contribution in [0.25, 0.3) is 0 Å². The smallest absolute Gasteiger partial charge is 0.307 e. The third-order valence-electron chi connectivity index (χ3n) is 4.10. The van der Waals surface area contributed by atoms with Crippen LogP contribution in [-0.2, 0) is 4.79 Å². The van der Waals surface area contributed by atoms with Crippen LogP contribution < -0.4 is 0 Å². The van der Waals surface area contributed by atoms with E-state index in [0.29, 0.717) is 5.92 Å². The second kappa shape index (κ2) is 4.63. The zero-order valence-electron chi connectivity index (χ0n) is 10.5. The summed E-state index contributed by atoms with van der Waals surface area (Å²) in [7, 11) is 2.16. The molecule has 1 aliphatic carbocycles. The predicted octanol–water partition coefficient (Wildman–Crippen LogP) is 2.14. The minimum atomic E-state index is -0.670. The first-order valence-electron chi connectivity index (χ1n) is 6.52. The normalized spacial score (nSPS) is 29.4. The van der Waals surface area contributed by atoms with Crippen molar-refractivity contribution in [2.45, 2.75) is 31.1 Å². The molecule has 5 heteroatoms. The van der Waals surface area contributed by atoms with Gasteiger partial charge in [-0.3, -0.25) is 4.79 Å². The van der Waals surface area contributed by atoms with Crippen molar-refractivity contribution < 1.29 is 9.90 Å². The Morgan fingerprint density at radius 1 is 1.50 bits per heavy atom. The largest absolute Gasteiger partial charge is 0.481 e. The standard InChI is InChI=1S/C13H18N2O2S/c1-15-4-2-8(3-5-15)11-7-18-12(14-11)9-6-10(9)13(16)17/h7-10H,2-6H2,1H3,(H,16,17). The first-order chi connectivity index (χ1) is 8.65.